The Kier molecular flexibility index (Phi) is 5.92. The number of carbonyl (C=O) groups excluding carboxylic acids is 1. The number of amides is 1. The zero-order valence-electron chi connectivity index (χ0n) is 16.8. The highest BCUT2D eigenvalue weighted by atomic mass is 16.4. The summed E-state index contributed by atoms with van der Waals surface area (Å²) in [6.07, 6.45) is 3.48. The zero-order valence-corrected chi connectivity index (χ0v) is 16.8. The fourth-order valence-corrected chi connectivity index (χ4v) is 3.43. The molecule has 0 unspecified atom stereocenters. The van der Waals surface area contributed by atoms with Crippen LogP contribution >= 0.6 is 0 Å². The van der Waals surface area contributed by atoms with E-state index < -0.39 is 11.6 Å². The number of aryl methyl sites for hydroxylation is 1. The standard InChI is InChI=1S/C19H26N6O4/c1-11-8-13(9-15(20-11)17(26)27)16-22-24-25(23-16)10-12-4-6-14(7-5-12)21-18(28)19(2,3)29/h8-9,12,14,29H,4-7,10H2,1-3H3,(H,21,28)(H,26,27)/t12-,14-. The van der Waals surface area contributed by atoms with Crippen molar-refractivity contribution in [1.29, 1.82) is 0 Å². The van der Waals surface area contributed by atoms with Crippen LogP contribution < -0.4 is 5.32 Å². The van der Waals surface area contributed by atoms with Crippen LogP contribution in [0.3, 0.4) is 0 Å². The van der Waals surface area contributed by atoms with E-state index in [1.807, 2.05) is 0 Å². The molecule has 2 heterocycles. The highest BCUT2D eigenvalue weighted by Gasteiger charge is 2.29. The molecule has 0 aromatic carbocycles. The van der Waals surface area contributed by atoms with E-state index in [1.165, 1.54) is 24.7 Å². The lowest BCUT2D eigenvalue weighted by molar-refractivity contribution is -0.137. The minimum absolute atomic E-state index is 0.0530. The lowest BCUT2D eigenvalue weighted by Gasteiger charge is -2.30. The van der Waals surface area contributed by atoms with Gasteiger partial charge < -0.3 is 15.5 Å². The lowest BCUT2D eigenvalue weighted by atomic mass is 9.86. The van der Waals surface area contributed by atoms with E-state index >= 15 is 0 Å². The molecule has 1 amide bonds. The van der Waals surface area contributed by atoms with E-state index in [2.05, 4.69) is 25.7 Å². The van der Waals surface area contributed by atoms with Gasteiger partial charge in [0, 0.05) is 17.3 Å². The third-order valence-electron chi connectivity index (χ3n) is 5.04. The van der Waals surface area contributed by atoms with Crippen molar-refractivity contribution in [3.05, 3.63) is 23.5 Å². The van der Waals surface area contributed by atoms with Crippen molar-refractivity contribution >= 4 is 11.9 Å². The molecule has 10 nitrogen and oxygen atoms in total. The molecule has 3 N–H and O–H groups in total. The predicted octanol–water partition coefficient (Wildman–Crippen LogP) is 1.19. The second-order valence-electron chi connectivity index (χ2n) is 8.11. The SMILES string of the molecule is Cc1cc(-c2nnn(C[C@H]3CC[C@H](NC(=O)C(C)(C)O)CC3)n2)cc(C(=O)O)n1. The van der Waals surface area contributed by atoms with Crippen molar-refractivity contribution in [2.75, 3.05) is 0 Å². The van der Waals surface area contributed by atoms with Crippen LogP contribution in [0.4, 0.5) is 0 Å². The second-order valence-corrected chi connectivity index (χ2v) is 8.11. The zero-order chi connectivity index (χ0) is 21.2. The Morgan fingerprint density at radius 1 is 1.24 bits per heavy atom. The molecule has 1 aliphatic carbocycles. The van der Waals surface area contributed by atoms with Gasteiger partial charge in [-0.2, -0.15) is 4.80 Å². The summed E-state index contributed by atoms with van der Waals surface area (Å²) in [6.45, 7) is 5.28. The number of nitrogens with one attached hydrogen (secondary N) is 1. The van der Waals surface area contributed by atoms with E-state index in [0.29, 0.717) is 29.5 Å². The van der Waals surface area contributed by atoms with Gasteiger partial charge in [-0.15, -0.1) is 10.2 Å². The van der Waals surface area contributed by atoms with Crippen LogP contribution in [-0.2, 0) is 11.3 Å². The molecule has 2 aromatic rings. The Morgan fingerprint density at radius 2 is 1.93 bits per heavy atom. The van der Waals surface area contributed by atoms with Crippen molar-refractivity contribution in [2.24, 2.45) is 5.92 Å². The van der Waals surface area contributed by atoms with Crippen LogP contribution in [0, 0.1) is 12.8 Å². The van der Waals surface area contributed by atoms with Gasteiger partial charge in [0.1, 0.15) is 11.3 Å². The van der Waals surface area contributed by atoms with Gasteiger partial charge >= 0.3 is 5.97 Å². The van der Waals surface area contributed by atoms with Crippen LogP contribution in [-0.4, -0.2) is 58.9 Å². The van der Waals surface area contributed by atoms with Crippen LogP contribution in [0.5, 0.6) is 0 Å². The third-order valence-corrected chi connectivity index (χ3v) is 5.04. The summed E-state index contributed by atoms with van der Waals surface area (Å²) in [5.41, 5.74) is -0.284. The average molecular weight is 402 g/mol. The number of aromatic nitrogens is 5. The number of carbonyl (C=O) groups is 2. The second kappa shape index (κ2) is 8.24. The van der Waals surface area contributed by atoms with Gasteiger partial charge in [-0.3, -0.25) is 4.79 Å². The normalized spacial score (nSPS) is 19.7. The van der Waals surface area contributed by atoms with Crippen molar-refractivity contribution in [3.63, 3.8) is 0 Å². The van der Waals surface area contributed by atoms with E-state index in [0.717, 1.165) is 25.7 Å². The Balaban J connectivity index is 1.58. The van der Waals surface area contributed by atoms with Gasteiger partial charge in [0.2, 0.25) is 5.82 Å². The molecule has 1 aliphatic rings. The summed E-state index contributed by atoms with van der Waals surface area (Å²) >= 11 is 0. The molecule has 1 saturated carbocycles. The van der Waals surface area contributed by atoms with Crippen LogP contribution in [0.1, 0.15) is 55.7 Å². The summed E-state index contributed by atoms with van der Waals surface area (Å²) in [4.78, 5) is 28.6. The molecule has 0 radical (unpaired) electrons. The number of nitrogens with zero attached hydrogens (tertiary/aromatic N) is 5. The quantitative estimate of drug-likeness (QED) is 0.654. The van der Waals surface area contributed by atoms with Crippen LogP contribution in [0.15, 0.2) is 12.1 Å². The summed E-state index contributed by atoms with van der Waals surface area (Å²) in [7, 11) is 0. The Bertz CT molecular complexity index is 896. The number of aliphatic hydroxyl groups is 1. The number of hydrogen-bond acceptors (Lipinski definition) is 7. The fourth-order valence-electron chi connectivity index (χ4n) is 3.43. The summed E-state index contributed by atoms with van der Waals surface area (Å²) < 4.78 is 0. The number of carboxylic acids is 1. The van der Waals surface area contributed by atoms with Gasteiger partial charge in [-0.25, -0.2) is 9.78 Å². The summed E-state index contributed by atoms with van der Waals surface area (Å²) in [5, 5.41) is 34.3. The van der Waals surface area contributed by atoms with E-state index in [1.54, 1.807) is 13.0 Å². The minimum atomic E-state index is -1.37. The highest BCUT2D eigenvalue weighted by molar-refractivity contribution is 5.86. The molecule has 0 aliphatic heterocycles. The molecular formula is C19H26N6O4. The maximum absolute atomic E-state index is 11.9. The van der Waals surface area contributed by atoms with Crippen LogP contribution in [0.25, 0.3) is 11.4 Å². The van der Waals surface area contributed by atoms with Crippen molar-refractivity contribution < 1.29 is 19.8 Å². The third kappa shape index (κ3) is 5.35. The first-order chi connectivity index (χ1) is 13.6. The minimum Gasteiger partial charge on any atom is -0.477 e. The number of aromatic carboxylic acids is 1. The van der Waals surface area contributed by atoms with Crippen molar-refractivity contribution in [1.82, 2.24) is 30.5 Å². The smallest absolute Gasteiger partial charge is 0.354 e. The van der Waals surface area contributed by atoms with Gasteiger partial charge in [0.25, 0.3) is 5.91 Å². The molecule has 0 saturated heterocycles. The fraction of sp³-hybridized carbons (Fsp3) is 0.579. The lowest BCUT2D eigenvalue weighted by Crippen LogP contribution is -2.47. The molecule has 0 bridgehead atoms. The van der Waals surface area contributed by atoms with Crippen molar-refractivity contribution in [3.8, 4) is 11.4 Å². The first-order valence-corrected chi connectivity index (χ1v) is 9.65. The number of rotatable bonds is 6. The van der Waals surface area contributed by atoms with Gasteiger partial charge in [-0.1, -0.05) is 0 Å². The topological polar surface area (TPSA) is 143 Å². The summed E-state index contributed by atoms with van der Waals surface area (Å²) in [5.74, 6) is -0.724. The van der Waals surface area contributed by atoms with E-state index in [9.17, 15) is 14.7 Å². The van der Waals surface area contributed by atoms with Gasteiger partial charge in [-0.05, 0) is 69.7 Å². The molecule has 2 aromatic heterocycles. The van der Waals surface area contributed by atoms with Crippen molar-refractivity contribution in [2.45, 2.75) is 64.6 Å². The largest absolute Gasteiger partial charge is 0.477 e. The Morgan fingerprint density at radius 3 is 2.55 bits per heavy atom. The Hall–Kier alpha value is -2.88. The monoisotopic (exact) mass is 402 g/mol. The molecule has 0 spiro atoms. The molecule has 156 valence electrons. The molecule has 1 fully saturated rings. The number of carboxylic acid groups (broad SMARTS) is 1. The first-order valence-electron chi connectivity index (χ1n) is 9.65. The number of hydrogen-bond donors (Lipinski definition) is 3. The number of tetrazole rings is 1. The summed E-state index contributed by atoms with van der Waals surface area (Å²) in [6, 6.07) is 3.23. The van der Waals surface area contributed by atoms with E-state index in [-0.39, 0.29) is 17.6 Å². The Labute approximate surface area is 168 Å². The predicted molar refractivity (Wildman–Crippen MR) is 103 cm³/mol. The average Bonchev–Trinajstić information content (AvgIpc) is 3.10. The molecule has 10 heteroatoms. The molecular weight excluding hydrogens is 376 g/mol. The maximum Gasteiger partial charge on any atom is 0.354 e. The van der Waals surface area contributed by atoms with E-state index in [4.69, 9.17) is 5.11 Å². The van der Waals surface area contributed by atoms with Crippen LogP contribution in [0.2, 0.25) is 0 Å². The maximum atomic E-state index is 11.9. The number of pyridine rings is 1. The first kappa shape index (κ1) is 20.8. The van der Waals surface area contributed by atoms with Gasteiger partial charge in [0.05, 0.1) is 6.54 Å². The van der Waals surface area contributed by atoms with Gasteiger partial charge in [0.15, 0.2) is 0 Å². The molecule has 3 rings (SSSR count). The molecule has 29 heavy (non-hydrogen) atoms. The molecule has 0 atom stereocenters. The highest BCUT2D eigenvalue weighted by Crippen LogP contribution is 2.26.